The Labute approximate surface area is 739 Å². The van der Waals surface area contributed by atoms with Crippen LogP contribution in [0.1, 0.15) is 0 Å². The lowest BCUT2D eigenvalue weighted by Crippen LogP contribution is -1.89. The van der Waals surface area contributed by atoms with Crippen LogP contribution in [-0.2, 0) is 0 Å². The van der Waals surface area contributed by atoms with E-state index >= 15 is 0 Å². The standard InChI is InChI=1S/3C40H24N2O/c1-2-14-33-31(12-1)36-24-28(18-19-34(36)39-38(33)41-20-21-42-39)26-9-5-8-25(22-26)27-10-6-11-29(23-27)30-15-7-16-35-32-13-3-4-17-37(32)43-40(30)35;1-2-11-33-31(9-1)36-24-28(19-20-34(36)39-38(33)41-21-22-42-39)26-17-15-25(16-18-26)27-7-5-8-29(23-27)30-12-6-13-35-32-10-3-4-14-37(32)43-40(30)35;1-2-9-29(34-13-7-14-35-31-11-5-6-15-37(31)43-40(34)35)28(8-1)26-18-16-25(17-19-26)27-20-21-33-36(24-27)30-10-3-4-12-32(30)38-39(33)42-23-22-41-38/h3*1-24H. The molecule has 0 spiro atoms. The number of rotatable bonds is 9. The van der Waals surface area contributed by atoms with Crippen LogP contribution in [0.25, 0.3) is 264 Å². The van der Waals surface area contributed by atoms with Crippen LogP contribution in [0.4, 0.5) is 0 Å². The molecule has 0 saturated carbocycles. The van der Waals surface area contributed by atoms with Crippen LogP contribution in [0, 0.1) is 0 Å². The average Bonchev–Trinajstić information content (AvgIpc) is 1.67. The maximum absolute atomic E-state index is 6.39. The Bertz CT molecular complexity index is 9120. The Morgan fingerprint density at radius 2 is 0.349 bits per heavy atom. The molecule has 0 unspecified atom stereocenters. The molecule has 9 nitrogen and oxygen atoms in total. The highest BCUT2D eigenvalue weighted by Gasteiger charge is 2.22. The van der Waals surface area contributed by atoms with E-state index in [0.29, 0.717) is 0 Å². The molecule has 0 bridgehead atoms. The lowest BCUT2D eigenvalue weighted by molar-refractivity contribution is 0.669. The molecule has 0 aliphatic carbocycles. The number of hydrogen-bond donors (Lipinski definition) is 0. The van der Waals surface area contributed by atoms with E-state index in [0.717, 1.165) is 165 Å². The fourth-order valence-corrected chi connectivity index (χ4v) is 19.6. The van der Waals surface area contributed by atoms with Crippen LogP contribution >= 0.6 is 0 Å². The van der Waals surface area contributed by atoms with Gasteiger partial charge in [-0.1, -0.05) is 346 Å². The van der Waals surface area contributed by atoms with Gasteiger partial charge < -0.3 is 13.3 Å². The summed E-state index contributed by atoms with van der Waals surface area (Å²) in [5, 5.41) is 20.8. The first-order chi connectivity index (χ1) is 64.0. The number of para-hydroxylation sites is 6. The lowest BCUT2D eigenvalue weighted by Gasteiger charge is -2.13. The Hall–Kier alpha value is -17.4. The van der Waals surface area contributed by atoms with Gasteiger partial charge in [0.15, 0.2) is 0 Å². The molecular weight excluding hydrogens is 1570 g/mol. The van der Waals surface area contributed by atoms with Crippen molar-refractivity contribution in [2.24, 2.45) is 0 Å². The predicted octanol–water partition coefficient (Wildman–Crippen LogP) is 32.5. The molecule has 0 saturated heterocycles. The molecular formula is C120H72N6O3. The van der Waals surface area contributed by atoms with Gasteiger partial charge in [0.1, 0.15) is 33.5 Å². The highest BCUT2D eigenvalue weighted by atomic mass is 16.3. The monoisotopic (exact) mass is 1640 g/mol. The molecule has 0 atom stereocenters. The van der Waals surface area contributed by atoms with E-state index in [9.17, 15) is 0 Å². The average molecular weight is 1650 g/mol. The largest absolute Gasteiger partial charge is 0.455 e. The van der Waals surface area contributed by atoms with Gasteiger partial charge in [-0.2, -0.15) is 0 Å². The van der Waals surface area contributed by atoms with Crippen LogP contribution < -0.4 is 0 Å². The fraction of sp³-hybridized carbons (Fsp3) is 0. The van der Waals surface area contributed by atoms with E-state index in [2.05, 4.69) is 379 Å². The molecule has 0 amide bonds. The van der Waals surface area contributed by atoms with Crippen molar-refractivity contribution < 1.29 is 13.3 Å². The van der Waals surface area contributed by atoms with E-state index in [1.54, 1.807) is 37.2 Å². The molecule has 0 N–H and O–H groups in total. The third kappa shape index (κ3) is 12.8. The third-order valence-corrected chi connectivity index (χ3v) is 25.7. The summed E-state index contributed by atoms with van der Waals surface area (Å²) in [4.78, 5) is 28.1. The summed E-state index contributed by atoms with van der Waals surface area (Å²) in [5.74, 6) is 0. The minimum absolute atomic E-state index is 0.912. The van der Waals surface area contributed by atoms with Gasteiger partial charge in [0.05, 0.1) is 33.1 Å². The van der Waals surface area contributed by atoms with Gasteiger partial charge in [-0.05, 0) is 170 Å². The van der Waals surface area contributed by atoms with E-state index in [4.69, 9.17) is 28.2 Å². The summed E-state index contributed by atoms with van der Waals surface area (Å²) in [5.41, 5.74) is 32.0. The fourth-order valence-electron chi connectivity index (χ4n) is 19.6. The van der Waals surface area contributed by atoms with Gasteiger partial charge in [0, 0.05) is 119 Å². The van der Waals surface area contributed by atoms with Crippen molar-refractivity contribution in [2.45, 2.75) is 0 Å². The van der Waals surface area contributed by atoms with Crippen LogP contribution in [-0.4, -0.2) is 29.9 Å². The van der Waals surface area contributed by atoms with Crippen molar-refractivity contribution in [3.05, 3.63) is 438 Å². The van der Waals surface area contributed by atoms with Crippen molar-refractivity contribution in [3.8, 4) is 100 Å². The maximum atomic E-state index is 6.39. The molecule has 0 radical (unpaired) electrons. The SMILES string of the molecule is c1cc(-c2ccc(-c3ccc4c(c3)c3ccccc3c3nccnc43)cc2)cc(-c2cccc3c2oc2ccccc23)c1.c1cc(-c2cccc(-c3cccc4c3oc3ccccc34)c2)cc(-c2ccc3c(c2)c2ccccc2c2nccnc32)c1.c1ccc(-c2cccc3c2oc2ccccc23)c(-c2ccc(-c3ccc4c(c3)c3ccccc3c3nccnc43)cc2)c1. The molecule has 6 aromatic heterocycles. The van der Waals surface area contributed by atoms with Gasteiger partial charge >= 0.3 is 0 Å². The number of benzene rings is 21. The second-order valence-corrected chi connectivity index (χ2v) is 33.0. The Morgan fingerprint density at radius 3 is 0.713 bits per heavy atom. The summed E-state index contributed by atoms with van der Waals surface area (Å²) in [6, 6.07) is 142. The topological polar surface area (TPSA) is 117 Å². The van der Waals surface area contributed by atoms with Crippen molar-refractivity contribution in [1.82, 2.24) is 29.9 Å². The first-order valence-electron chi connectivity index (χ1n) is 43.5. The van der Waals surface area contributed by atoms with E-state index in [1.807, 2.05) is 36.4 Å². The summed E-state index contributed by atoms with van der Waals surface area (Å²) in [6.45, 7) is 0. The first kappa shape index (κ1) is 74.2. The van der Waals surface area contributed by atoms with Crippen molar-refractivity contribution in [3.63, 3.8) is 0 Å². The maximum Gasteiger partial charge on any atom is 0.143 e. The first-order valence-corrected chi connectivity index (χ1v) is 43.5. The normalized spacial score (nSPS) is 11.7. The molecule has 27 aromatic rings. The number of furan rings is 3. The van der Waals surface area contributed by atoms with E-state index < -0.39 is 0 Å². The van der Waals surface area contributed by atoms with E-state index in [-0.39, 0.29) is 0 Å². The van der Waals surface area contributed by atoms with Crippen LogP contribution in [0.5, 0.6) is 0 Å². The summed E-state index contributed by atoms with van der Waals surface area (Å²) >= 11 is 0. The quantitative estimate of drug-likeness (QED) is 0.130. The molecule has 0 aliphatic rings. The number of hydrogen-bond acceptors (Lipinski definition) is 9. The van der Waals surface area contributed by atoms with Gasteiger partial charge in [0.2, 0.25) is 0 Å². The van der Waals surface area contributed by atoms with Gasteiger partial charge in [-0.15, -0.1) is 0 Å². The third-order valence-electron chi connectivity index (χ3n) is 25.7. The predicted molar refractivity (Wildman–Crippen MR) is 534 cm³/mol. The van der Waals surface area contributed by atoms with Crippen molar-refractivity contribution >= 4 is 164 Å². The van der Waals surface area contributed by atoms with Gasteiger partial charge in [0.25, 0.3) is 0 Å². The Balaban J connectivity index is 0.000000105. The molecule has 129 heavy (non-hydrogen) atoms. The van der Waals surface area contributed by atoms with Crippen molar-refractivity contribution in [1.29, 1.82) is 0 Å². The second kappa shape index (κ2) is 30.8. The van der Waals surface area contributed by atoms with Crippen LogP contribution in [0.3, 0.4) is 0 Å². The molecule has 600 valence electrons. The van der Waals surface area contributed by atoms with Crippen LogP contribution in [0.15, 0.2) is 451 Å². The highest BCUT2D eigenvalue weighted by molar-refractivity contribution is 6.27. The minimum Gasteiger partial charge on any atom is -0.455 e. The zero-order valence-corrected chi connectivity index (χ0v) is 69.5. The summed E-state index contributed by atoms with van der Waals surface area (Å²) in [7, 11) is 0. The summed E-state index contributed by atoms with van der Waals surface area (Å²) in [6.07, 6.45) is 10.6. The molecule has 21 aromatic carbocycles. The molecule has 9 heteroatoms. The number of nitrogens with zero attached hydrogens (tertiary/aromatic N) is 6. The second-order valence-electron chi connectivity index (χ2n) is 33.0. The van der Waals surface area contributed by atoms with Gasteiger partial charge in [-0.25, -0.2) is 0 Å². The smallest absolute Gasteiger partial charge is 0.143 e. The lowest BCUT2D eigenvalue weighted by atomic mass is 9.92. The minimum atomic E-state index is 0.912. The van der Waals surface area contributed by atoms with E-state index in [1.165, 1.54) is 99.1 Å². The van der Waals surface area contributed by atoms with Crippen LogP contribution in [0.2, 0.25) is 0 Å². The van der Waals surface area contributed by atoms with Gasteiger partial charge in [-0.3, -0.25) is 29.9 Å². The zero-order chi connectivity index (χ0) is 85.0. The Kier molecular flexibility index (Phi) is 17.7. The molecule has 6 heterocycles. The number of aromatic nitrogens is 6. The summed E-state index contributed by atoms with van der Waals surface area (Å²) < 4.78 is 19.1. The zero-order valence-electron chi connectivity index (χ0n) is 69.5. The Morgan fingerprint density at radius 1 is 0.124 bits per heavy atom. The molecule has 0 aliphatic heterocycles. The molecule has 27 rings (SSSR count). The molecule has 0 fully saturated rings. The highest BCUT2D eigenvalue weighted by Crippen LogP contribution is 2.46. The number of fused-ring (bicyclic) bond motifs is 27. The van der Waals surface area contributed by atoms with Crippen molar-refractivity contribution in [2.75, 3.05) is 0 Å².